The van der Waals surface area contributed by atoms with Crippen molar-refractivity contribution >= 4 is 0 Å². The highest BCUT2D eigenvalue weighted by Crippen LogP contribution is 2.19. The maximum atomic E-state index is 4.09. The van der Waals surface area contributed by atoms with Gasteiger partial charge >= 0.3 is 0 Å². The van der Waals surface area contributed by atoms with E-state index < -0.39 is 0 Å². The number of hydrogen-bond donors (Lipinski definition) is 0. The lowest BCUT2D eigenvalue weighted by atomic mass is 9.94. The molecule has 0 saturated heterocycles. The van der Waals surface area contributed by atoms with Crippen LogP contribution in [0.5, 0.6) is 0 Å². The second-order valence-electron chi connectivity index (χ2n) is 7.68. The summed E-state index contributed by atoms with van der Waals surface area (Å²) in [5.41, 5.74) is 0. The first-order valence-corrected chi connectivity index (χ1v) is 11.1. The smallest absolute Gasteiger partial charge is 0.0414 e. The molecular formula is C23H47. The average Bonchev–Trinajstić information content (AvgIpc) is 2.57. The molecule has 0 aromatic rings. The minimum absolute atomic E-state index is 0.905. The second-order valence-corrected chi connectivity index (χ2v) is 7.68. The van der Waals surface area contributed by atoms with Crippen LogP contribution in [0.3, 0.4) is 0 Å². The Kier molecular flexibility index (Phi) is 20.0. The number of rotatable bonds is 19. The van der Waals surface area contributed by atoms with Gasteiger partial charge in [0.15, 0.2) is 0 Å². The van der Waals surface area contributed by atoms with Crippen molar-refractivity contribution in [2.45, 2.75) is 136 Å². The third kappa shape index (κ3) is 18.2. The molecule has 0 aromatic heterocycles. The van der Waals surface area contributed by atoms with E-state index in [0.717, 1.165) is 12.3 Å². The van der Waals surface area contributed by atoms with Crippen molar-refractivity contribution in [2.24, 2.45) is 5.92 Å². The molecule has 1 atom stereocenters. The third-order valence-electron chi connectivity index (χ3n) is 5.32. The van der Waals surface area contributed by atoms with Gasteiger partial charge in [0.2, 0.25) is 0 Å². The van der Waals surface area contributed by atoms with Gasteiger partial charge in [-0.3, -0.25) is 0 Å². The molecule has 23 heavy (non-hydrogen) atoms. The summed E-state index contributed by atoms with van der Waals surface area (Å²) in [6, 6.07) is 0. The normalized spacial score (nSPS) is 12.7. The van der Waals surface area contributed by atoms with Crippen molar-refractivity contribution in [1.29, 1.82) is 0 Å². The Morgan fingerprint density at radius 1 is 0.478 bits per heavy atom. The lowest BCUT2D eigenvalue weighted by Gasteiger charge is -2.12. The van der Waals surface area contributed by atoms with Crippen LogP contribution in [0.15, 0.2) is 0 Å². The van der Waals surface area contributed by atoms with Crippen LogP contribution < -0.4 is 0 Å². The minimum atomic E-state index is 0.905. The molecule has 1 radical (unpaired) electrons. The van der Waals surface area contributed by atoms with E-state index in [4.69, 9.17) is 0 Å². The van der Waals surface area contributed by atoms with E-state index in [0.29, 0.717) is 0 Å². The average molecular weight is 324 g/mol. The molecule has 0 rings (SSSR count). The fraction of sp³-hybridized carbons (Fsp3) is 0.957. The maximum absolute atomic E-state index is 4.09. The molecule has 0 bridgehead atoms. The lowest BCUT2D eigenvalue weighted by molar-refractivity contribution is 0.421. The summed E-state index contributed by atoms with van der Waals surface area (Å²) >= 11 is 0. The van der Waals surface area contributed by atoms with Crippen LogP contribution in [-0.2, 0) is 0 Å². The summed E-state index contributed by atoms with van der Waals surface area (Å²) in [7, 11) is 0. The first kappa shape index (κ1) is 23.0. The molecule has 0 nitrogen and oxygen atoms in total. The molecule has 0 N–H and O–H groups in total. The number of hydrogen-bond acceptors (Lipinski definition) is 0. The van der Waals surface area contributed by atoms with Gasteiger partial charge in [0, 0.05) is 0 Å². The molecule has 139 valence electrons. The van der Waals surface area contributed by atoms with Gasteiger partial charge in [-0.2, -0.15) is 0 Å². The molecule has 0 aliphatic carbocycles. The standard InChI is InChI=1S/C23H47/c1-4-7-8-9-10-11-12-13-14-15-16-17-18-19-20-22-23(6-3)21-5-2/h23H,3-22H2,1-2H3. The van der Waals surface area contributed by atoms with Crippen LogP contribution in [0.25, 0.3) is 0 Å². The van der Waals surface area contributed by atoms with E-state index in [1.807, 2.05) is 0 Å². The van der Waals surface area contributed by atoms with Gasteiger partial charge < -0.3 is 0 Å². The Bertz CT molecular complexity index is 196. The molecule has 0 saturated carbocycles. The quantitative estimate of drug-likeness (QED) is 0.208. The molecule has 0 spiro atoms. The van der Waals surface area contributed by atoms with Gasteiger partial charge in [-0.25, -0.2) is 0 Å². The van der Waals surface area contributed by atoms with Crippen LogP contribution in [0.2, 0.25) is 0 Å². The Balaban J connectivity index is 3.07. The summed E-state index contributed by atoms with van der Waals surface area (Å²) in [5, 5.41) is 0. The van der Waals surface area contributed by atoms with Crippen molar-refractivity contribution in [3.63, 3.8) is 0 Å². The van der Waals surface area contributed by atoms with Crippen molar-refractivity contribution in [1.82, 2.24) is 0 Å². The monoisotopic (exact) mass is 323 g/mol. The molecule has 0 aliphatic heterocycles. The minimum Gasteiger partial charge on any atom is -0.0654 e. The van der Waals surface area contributed by atoms with E-state index in [9.17, 15) is 0 Å². The maximum Gasteiger partial charge on any atom is -0.0414 e. The number of unbranched alkanes of at least 4 members (excludes halogenated alkanes) is 14. The zero-order chi connectivity index (χ0) is 17.0. The van der Waals surface area contributed by atoms with Gasteiger partial charge in [-0.1, -0.05) is 143 Å². The van der Waals surface area contributed by atoms with E-state index in [2.05, 4.69) is 20.8 Å². The topological polar surface area (TPSA) is 0 Å². The van der Waals surface area contributed by atoms with Gasteiger partial charge in [0.1, 0.15) is 0 Å². The van der Waals surface area contributed by atoms with Crippen LogP contribution in [0, 0.1) is 12.8 Å². The molecular weight excluding hydrogens is 276 g/mol. The third-order valence-corrected chi connectivity index (χ3v) is 5.32. The summed E-state index contributed by atoms with van der Waals surface area (Å²) in [6.45, 7) is 8.69. The Morgan fingerprint density at radius 2 is 0.870 bits per heavy atom. The fourth-order valence-electron chi connectivity index (χ4n) is 3.65. The van der Waals surface area contributed by atoms with Crippen LogP contribution in [-0.4, -0.2) is 0 Å². The van der Waals surface area contributed by atoms with E-state index >= 15 is 0 Å². The van der Waals surface area contributed by atoms with Crippen molar-refractivity contribution in [3.8, 4) is 0 Å². The second kappa shape index (κ2) is 20.0. The Morgan fingerprint density at radius 3 is 1.22 bits per heavy atom. The van der Waals surface area contributed by atoms with Crippen molar-refractivity contribution in [2.75, 3.05) is 0 Å². The van der Waals surface area contributed by atoms with Gasteiger partial charge in [0.05, 0.1) is 0 Å². The molecule has 0 fully saturated rings. The predicted octanol–water partition coefficient (Wildman–Crippen LogP) is 8.89. The summed E-state index contributed by atoms with van der Waals surface area (Å²) in [6.07, 6.45) is 27.2. The largest absolute Gasteiger partial charge is 0.0654 e. The molecule has 0 aromatic carbocycles. The summed E-state index contributed by atoms with van der Waals surface area (Å²) < 4.78 is 0. The van der Waals surface area contributed by atoms with Gasteiger partial charge in [-0.05, 0) is 5.92 Å². The SMILES string of the molecule is [CH2]CC(CCC)CCCCCCCCCCCCCCCCC. The zero-order valence-corrected chi connectivity index (χ0v) is 16.7. The summed E-state index contributed by atoms with van der Waals surface area (Å²) in [4.78, 5) is 0. The zero-order valence-electron chi connectivity index (χ0n) is 16.7. The van der Waals surface area contributed by atoms with E-state index in [1.54, 1.807) is 0 Å². The first-order chi connectivity index (χ1) is 11.3. The molecule has 0 aliphatic rings. The summed E-state index contributed by atoms with van der Waals surface area (Å²) in [5.74, 6) is 0.905. The highest BCUT2D eigenvalue weighted by atomic mass is 14.1. The van der Waals surface area contributed by atoms with Crippen molar-refractivity contribution in [3.05, 3.63) is 6.92 Å². The molecule has 0 heteroatoms. The van der Waals surface area contributed by atoms with Crippen LogP contribution >= 0.6 is 0 Å². The predicted molar refractivity (Wildman–Crippen MR) is 108 cm³/mol. The molecule has 0 heterocycles. The van der Waals surface area contributed by atoms with Crippen LogP contribution in [0.1, 0.15) is 136 Å². The van der Waals surface area contributed by atoms with Crippen LogP contribution in [0.4, 0.5) is 0 Å². The fourth-order valence-corrected chi connectivity index (χ4v) is 3.65. The highest BCUT2D eigenvalue weighted by molar-refractivity contribution is 4.60. The molecule has 0 amide bonds. The van der Waals surface area contributed by atoms with E-state index in [-0.39, 0.29) is 0 Å². The Labute approximate surface area is 149 Å². The van der Waals surface area contributed by atoms with Crippen molar-refractivity contribution < 1.29 is 0 Å². The van der Waals surface area contributed by atoms with Gasteiger partial charge in [0.25, 0.3) is 0 Å². The lowest BCUT2D eigenvalue weighted by Crippen LogP contribution is -1.98. The Hall–Kier alpha value is 0. The molecule has 1 unspecified atom stereocenters. The first-order valence-electron chi connectivity index (χ1n) is 11.1. The van der Waals surface area contributed by atoms with Gasteiger partial charge in [-0.15, -0.1) is 0 Å². The highest BCUT2D eigenvalue weighted by Gasteiger charge is 2.04. The van der Waals surface area contributed by atoms with E-state index in [1.165, 1.54) is 116 Å².